The van der Waals surface area contributed by atoms with Gasteiger partial charge in [0.05, 0.1) is 0 Å². The van der Waals surface area contributed by atoms with E-state index in [0.29, 0.717) is 11.5 Å². The molecule has 22 heavy (non-hydrogen) atoms. The summed E-state index contributed by atoms with van der Waals surface area (Å²) in [5.41, 5.74) is 10.4. The molecular formula is C19H24N2O. The van der Waals surface area contributed by atoms with Crippen LogP contribution in [-0.4, -0.2) is 5.91 Å². The highest BCUT2D eigenvalue weighted by Crippen LogP contribution is 2.16. The number of primary amides is 1. The minimum atomic E-state index is -0.384. The van der Waals surface area contributed by atoms with Crippen LogP contribution in [0.2, 0.25) is 0 Å². The molecule has 3 heteroatoms. The largest absolute Gasteiger partial charge is 0.381 e. The first kappa shape index (κ1) is 16.1. The van der Waals surface area contributed by atoms with Crippen LogP contribution < -0.4 is 11.1 Å². The molecule has 0 fully saturated rings. The molecule has 0 saturated heterocycles. The monoisotopic (exact) mass is 296 g/mol. The SMILES string of the molecule is Cc1cc(NCc2ccc(CC(C)C)cc2)ccc1C(N)=O. The number of anilines is 1. The normalized spacial score (nSPS) is 10.7. The molecule has 2 aromatic carbocycles. The molecule has 3 N–H and O–H groups in total. The van der Waals surface area contributed by atoms with Gasteiger partial charge in [0, 0.05) is 17.8 Å². The maximum absolute atomic E-state index is 11.2. The summed E-state index contributed by atoms with van der Waals surface area (Å²) in [6, 6.07) is 14.3. The Bertz CT molecular complexity index is 645. The first-order valence-corrected chi connectivity index (χ1v) is 7.68. The van der Waals surface area contributed by atoms with Crippen LogP contribution in [0, 0.1) is 12.8 Å². The van der Waals surface area contributed by atoms with E-state index < -0.39 is 0 Å². The summed E-state index contributed by atoms with van der Waals surface area (Å²) in [6.07, 6.45) is 1.11. The van der Waals surface area contributed by atoms with E-state index in [2.05, 4.69) is 43.4 Å². The third-order valence-corrected chi connectivity index (χ3v) is 3.66. The van der Waals surface area contributed by atoms with Crippen LogP contribution in [0.15, 0.2) is 42.5 Å². The van der Waals surface area contributed by atoms with Gasteiger partial charge in [0.25, 0.3) is 0 Å². The van der Waals surface area contributed by atoms with E-state index in [1.54, 1.807) is 6.07 Å². The second-order valence-corrected chi connectivity index (χ2v) is 6.16. The first-order chi connectivity index (χ1) is 10.5. The molecule has 116 valence electrons. The van der Waals surface area contributed by atoms with E-state index in [4.69, 9.17) is 5.73 Å². The van der Waals surface area contributed by atoms with Gasteiger partial charge in [0.2, 0.25) is 5.91 Å². The van der Waals surface area contributed by atoms with Gasteiger partial charge in [-0.15, -0.1) is 0 Å². The van der Waals surface area contributed by atoms with Gasteiger partial charge in [-0.2, -0.15) is 0 Å². The van der Waals surface area contributed by atoms with Crippen LogP contribution in [0.4, 0.5) is 5.69 Å². The van der Waals surface area contributed by atoms with Crippen molar-refractivity contribution in [1.29, 1.82) is 0 Å². The van der Waals surface area contributed by atoms with Crippen LogP contribution in [0.1, 0.15) is 40.9 Å². The highest BCUT2D eigenvalue weighted by molar-refractivity contribution is 5.94. The summed E-state index contributed by atoms with van der Waals surface area (Å²) >= 11 is 0. The Balaban J connectivity index is 1.98. The zero-order valence-corrected chi connectivity index (χ0v) is 13.5. The fourth-order valence-electron chi connectivity index (χ4n) is 2.52. The van der Waals surface area contributed by atoms with E-state index in [0.717, 1.165) is 24.2 Å². The lowest BCUT2D eigenvalue weighted by Gasteiger charge is -2.10. The molecule has 0 atom stereocenters. The van der Waals surface area contributed by atoms with Crippen LogP contribution in [0.5, 0.6) is 0 Å². The molecule has 0 aliphatic heterocycles. The number of hydrogen-bond donors (Lipinski definition) is 2. The summed E-state index contributed by atoms with van der Waals surface area (Å²) in [5.74, 6) is 0.292. The van der Waals surface area contributed by atoms with Crippen molar-refractivity contribution >= 4 is 11.6 Å². The van der Waals surface area contributed by atoms with Crippen molar-refractivity contribution in [2.45, 2.75) is 33.7 Å². The second-order valence-electron chi connectivity index (χ2n) is 6.16. The maximum Gasteiger partial charge on any atom is 0.248 e. The van der Waals surface area contributed by atoms with Gasteiger partial charge in [-0.3, -0.25) is 4.79 Å². The summed E-state index contributed by atoms with van der Waals surface area (Å²) < 4.78 is 0. The van der Waals surface area contributed by atoms with Gasteiger partial charge in [-0.05, 0) is 54.2 Å². The van der Waals surface area contributed by atoms with Gasteiger partial charge >= 0.3 is 0 Å². The van der Waals surface area contributed by atoms with Gasteiger partial charge in [-0.25, -0.2) is 0 Å². The van der Waals surface area contributed by atoms with Crippen LogP contribution in [-0.2, 0) is 13.0 Å². The fraction of sp³-hybridized carbons (Fsp3) is 0.316. The molecule has 0 aromatic heterocycles. The van der Waals surface area contributed by atoms with Crippen molar-refractivity contribution in [3.63, 3.8) is 0 Å². The zero-order valence-electron chi connectivity index (χ0n) is 13.5. The molecule has 0 radical (unpaired) electrons. The fourth-order valence-corrected chi connectivity index (χ4v) is 2.52. The summed E-state index contributed by atoms with van der Waals surface area (Å²) in [6.45, 7) is 7.12. The topological polar surface area (TPSA) is 55.1 Å². The molecule has 1 amide bonds. The van der Waals surface area contributed by atoms with E-state index >= 15 is 0 Å². The van der Waals surface area contributed by atoms with E-state index in [1.807, 2.05) is 19.1 Å². The lowest BCUT2D eigenvalue weighted by atomic mass is 10.0. The average Bonchev–Trinajstić information content (AvgIpc) is 2.45. The molecule has 0 spiro atoms. The molecule has 0 heterocycles. The molecule has 0 aliphatic carbocycles. The van der Waals surface area contributed by atoms with Crippen LogP contribution in [0.25, 0.3) is 0 Å². The number of aryl methyl sites for hydroxylation is 1. The smallest absolute Gasteiger partial charge is 0.248 e. The van der Waals surface area contributed by atoms with Crippen molar-refractivity contribution in [2.75, 3.05) is 5.32 Å². The first-order valence-electron chi connectivity index (χ1n) is 7.68. The number of nitrogens with two attached hydrogens (primary N) is 1. The highest BCUT2D eigenvalue weighted by Gasteiger charge is 2.05. The molecule has 0 bridgehead atoms. The van der Waals surface area contributed by atoms with E-state index in [1.165, 1.54) is 11.1 Å². The molecule has 0 aliphatic rings. The Morgan fingerprint density at radius 2 is 1.73 bits per heavy atom. The Kier molecular flexibility index (Phi) is 5.21. The number of hydrogen-bond acceptors (Lipinski definition) is 2. The minimum absolute atomic E-state index is 0.384. The molecule has 2 rings (SSSR count). The molecule has 0 unspecified atom stereocenters. The Labute approximate surface area is 132 Å². The lowest BCUT2D eigenvalue weighted by molar-refractivity contribution is 0.1000. The van der Waals surface area contributed by atoms with Crippen molar-refractivity contribution < 1.29 is 4.79 Å². The lowest BCUT2D eigenvalue weighted by Crippen LogP contribution is -2.12. The third kappa shape index (κ3) is 4.35. The zero-order chi connectivity index (χ0) is 16.1. The summed E-state index contributed by atoms with van der Waals surface area (Å²) in [5, 5.41) is 3.38. The van der Waals surface area contributed by atoms with Crippen LogP contribution in [0.3, 0.4) is 0 Å². The Hall–Kier alpha value is -2.29. The quantitative estimate of drug-likeness (QED) is 0.849. The number of rotatable bonds is 6. The van der Waals surface area contributed by atoms with Crippen molar-refractivity contribution in [3.05, 3.63) is 64.7 Å². The second kappa shape index (κ2) is 7.12. The van der Waals surface area contributed by atoms with E-state index in [9.17, 15) is 4.79 Å². The van der Waals surface area contributed by atoms with E-state index in [-0.39, 0.29) is 5.91 Å². The van der Waals surface area contributed by atoms with Crippen molar-refractivity contribution in [3.8, 4) is 0 Å². The standard InChI is InChI=1S/C19H24N2O/c1-13(2)10-15-4-6-16(7-5-15)12-21-17-8-9-18(19(20)22)14(3)11-17/h4-9,11,13,21H,10,12H2,1-3H3,(H2,20,22). The van der Waals surface area contributed by atoms with Crippen molar-refractivity contribution in [2.24, 2.45) is 11.7 Å². The van der Waals surface area contributed by atoms with Gasteiger partial charge < -0.3 is 11.1 Å². The molecule has 2 aromatic rings. The van der Waals surface area contributed by atoms with Crippen LogP contribution >= 0.6 is 0 Å². The minimum Gasteiger partial charge on any atom is -0.381 e. The molecular weight excluding hydrogens is 272 g/mol. The summed E-state index contributed by atoms with van der Waals surface area (Å²) in [7, 11) is 0. The predicted octanol–water partition coefficient (Wildman–Crippen LogP) is 3.90. The number of carbonyl (C=O) groups excluding carboxylic acids is 1. The van der Waals surface area contributed by atoms with Gasteiger partial charge in [-0.1, -0.05) is 38.1 Å². The predicted molar refractivity (Wildman–Crippen MR) is 92.0 cm³/mol. The highest BCUT2D eigenvalue weighted by atomic mass is 16.1. The van der Waals surface area contributed by atoms with Gasteiger partial charge in [0.15, 0.2) is 0 Å². The van der Waals surface area contributed by atoms with Crippen molar-refractivity contribution in [1.82, 2.24) is 0 Å². The number of carbonyl (C=O) groups is 1. The molecule has 3 nitrogen and oxygen atoms in total. The maximum atomic E-state index is 11.2. The Morgan fingerprint density at radius 3 is 2.27 bits per heavy atom. The number of benzene rings is 2. The average molecular weight is 296 g/mol. The number of amides is 1. The number of nitrogens with one attached hydrogen (secondary N) is 1. The Morgan fingerprint density at radius 1 is 1.09 bits per heavy atom. The molecule has 0 saturated carbocycles. The summed E-state index contributed by atoms with van der Waals surface area (Å²) in [4.78, 5) is 11.2. The van der Waals surface area contributed by atoms with Gasteiger partial charge in [0.1, 0.15) is 0 Å². The third-order valence-electron chi connectivity index (χ3n) is 3.66.